The summed E-state index contributed by atoms with van der Waals surface area (Å²) >= 11 is 0. The van der Waals surface area contributed by atoms with Gasteiger partial charge in [0.15, 0.2) is 0 Å². The topological polar surface area (TPSA) is 65.5 Å². The van der Waals surface area contributed by atoms with Crippen molar-refractivity contribution in [1.82, 2.24) is 10.3 Å². The van der Waals surface area contributed by atoms with Crippen molar-refractivity contribution in [2.24, 2.45) is 0 Å². The average Bonchev–Trinajstić information content (AvgIpc) is 2.93. The Morgan fingerprint density at radius 2 is 2.26 bits per heavy atom. The van der Waals surface area contributed by atoms with E-state index in [1.165, 1.54) is 4.90 Å². The van der Waals surface area contributed by atoms with E-state index >= 15 is 0 Å². The number of aromatic nitrogens is 1. The molecule has 2 heterocycles. The van der Waals surface area contributed by atoms with Gasteiger partial charge in [0.05, 0.1) is 17.2 Å². The second kappa shape index (κ2) is 4.85. The molecule has 1 amide bonds. The number of fused-ring (bicyclic) bond motifs is 1. The Hall–Kier alpha value is -2.14. The molecule has 2 N–H and O–H groups in total. The lowest BCUT2D eigenvalue weighted by Crippen LogP contribution is -2.41. The highest BCUT2D eigenvalue weighted by Crippen LogP contribution is 2.28. The fraction of sp³-hybridized carbons (Fsp3) is 0.286. The van der Waals surface area contributed by atoms with Crippen molar-refractivity contribution < 1.29 is 9.90 Å². The van der Waals surface area contributed by atoms with Gasteiger partial charge in [0.2, 0.25) is 0 Å². The van der Waals surface area contributed by atoms with Gasteiger partial charge in [-0.2, -0.15) is 0 Å². The molecule has 1 atom stereocenters. The largest absolute Gasteiger partial charge is 0.465 e. The molecule has 1 saturated heterocycles. The van der Waals surface area contributed by atoms with Crippen LogP contribution in [0.2, 0.25) is 0 Å². The molecular formula is C14H15N3O2. The van der Waals surface area contributed by atoms with Crippen molar-refractivity contribution in [2.45, 2.75) is 12.5 Å². The van der Waals surface area contributed by atoms with Crippen LogP contribution in [0.25, 0.3) is 10.9 Å². The predicted molar refractivity (Wildman–Crippen MR) is 73.5 cm³/mol. The zero-order chi connectivity index (χ0) is 13.2. The molecule has 0 spiro atoms. The van der Waals surface area contributed by atoms with Crippen molar-refractivity contribution in [3.05, 3.63) is 36.5 Å². The minimum Gasteiger partial charge on any atom is -0.465 e. The van der Waals surface area contributed by atoms with Crippen LogP contribution in [0.3, 0.4) is 0 Å². The van der Waals surface area contributed by atoms with Crippen LogP contribution in [-0.4, -0.2) is 35.3 Å². The summed E-state index contributed by atoms with van der Waals surface area (Å²) in [5.41, 5.74) is 1.53. The number of carbonyl (C=O) groups is 1. The summed E-state index contributed by atoms with van der Waals surface area (Å²) in [7, 11) is 0. The number of carboxylic acid groups (broad SMARTS) is 1. The number of rotatable bonds is 2. The number of pyridine rings is 1. The van der Waals surface area contributed by atoms with E-state index in [1.807, 2.05) is 30.3 Å². The summed E-state index contributed by atoms with van der Waals surface area (Å²) in [6.07, 6.45) is 1.64. The normalized spacial score (nSPS) is 18.6. The van der Waals surface area contributed by atoms with E-state index in [4.69, 9.17) is 0 Å². The summed E-state index contributed by atoms with van der Waals surface area (Å²) in [6.45, 7) is 1.56. The molecule has 3 rings (SSSR count). The first-order chi connectivity index (χ1) is 9.27. The van der Waals surface area contributed by atoms with Gasteiger partial charge in [-0.1, -0.05) is 6.07 Å². The summed E-state index contributed by atoms with van der Waals surface area (Å²) in [5, 5.41) is 13.6. The molecule has 5 nitrogen and oxygen atoms in total. The zero-order valence-electron chi connectivity index (χ0n) is 10.4. The van der Waals surface area contributed by atoms with Crippen LogP contribution >= 0.6 is 0 Å². The van der Waals surface area contributed by atoms with E-state index in [0.29, 0.717) is 12.2 Å². The molecule has 1 aromatic carbocycles. The molecule has 0 aliphatic carbocycles. The molecule has 1 aliphatic heterocycles. The lowest BCUT2D eigenvalue weighted by molar-refractivity contribution is 0.199. The number of hydrogen-bond acceptors (Lipinski definition) is 3. The summed E-state index contributed by atoms with van der Waals surface area (Å²) < 4.78 is 0. The Morgan fingerprint density at radius 3 is 3.00 bits per heavy atom. The van der Waals surface area contributed by atoms with Crippen LogP contribution in [0.5, 0.6) is 0 Å². The molecular weight excluding hydrogens is 242 g/mol. The summed E-state index contributed by atoms with van der Waals surface area (Å²) in [5.74, 6) is 0. The first-order valence-electron chi connectivity index (χ1n) is 6.34. The third kappa shape index (κ3) is 2.13. The van der Waals surface area contributed by atoms with Gasteiger partial charge in [0, 0.05) is 18.1 Å². The smallest absolute Gasteiger partial charge is 0.412 e. The van der Waals surface area contributed by atoms with E-state index in [9.17, 15) is 9.90 Å². The maximum Gasteiger partial charge on any atom is 0.412 e. The van der Waals surface area contributed by atoms with Gasteiger partial charge >= 0.3 is 6.09 Å². The fourth-order valence-corrected chi connectivity index (χ4v) is 2.61. The molecule has 1 aliphatic rings. The van der Waals surface area contributed by atoms with E-state index < -0.39 is 6.09 Å². The summed E-state index contributed by atoms with van der Waals surface area (Å²) in [4.78, 5) is 17.3. The Balaban J connectivity index is 2.12. The molecule has 0 unspecified atom stereocenters. The molecule has 5 heteroatoms. The van der Waals surface area contributed by atoms with E-state index in [1.54, 1.807) is 6.20 Å². The number of amides is 1. The van der Waals surface area contributed by atoms with Crippen LogP contribution in [-0.2, 0) is 0 Å². The van der Waals surface area contributed by atoms with Gasteiger partial charge in [-0.15, -0.1) is 0 Å². The standard InChI is InChI=1S/C14H15N3O2/c18-14(19)17(10-6-8-15-9-10)13-5-1-4-12-11(13)3-2-7-16-12/h1-5,7,10,15H,6,8-9H2,(H,18,19)/t10-/m0/s1. The molecule has 98 valence electrons. The van der Waals surface area contributed by atoms with Crippen molar-refractivity contribution in [1.29, 1.82) is 0 Å². The van der Waals surface area contributed by atoms with E-state index in [-0.39, 0.29) is 6.04 Å². The average molecular weight is 257 g/mol. The molecule has 1 aromatic heterocycles. The zero-order valence-corrected chi connectivity index (χ0v) is 10.4. The number of anilines is 1. The van der Waals surface area contributed by atoms with Crippen molar-refractivity contribution in [3.8, 4) is 0 Å². The highest BCUT2D eigenvalue weighted by Gasteiger charge is 2.28. The van der Waals surface area contributed by atoms with Crippen LogP contribution in [0, 0.1) is 0 Å². The lowest BCUT2D eigenvalue weighted by atomic mass is 10.1. The van der Waals surface area contributed by atoms with Gasteiger partial charge in [-0.3, -0.25) is 9.88 Å². The third-order valence-electron chi connectivity index (χ3n) is 3.49. The molecule has 2 aromatic rings. The molecule has 0 saturated carbocycles. The van der Waals surface area contributed by atoms with Gasteiger partial charge in [0.25, 0.3) is 0 Å². The van der Waals surface area contributed by atoms with Crippen molar-refractivity contribution in [2.75, 3.05) is 18.0 Å². The lowest BCUT2D eigenvalue weighted by Gasteiger charge is -2.26. The van der Waals surface area contributed by atoms with Gasteiger partial charge < -0.3 is 10.4 Å². The molecule has 0 bridgehead atoms. The fourth-order valence-electron chi connectivity index (χ4n) is 2.61. The summed E-state index contributed by atoms with van der Waals surface area (Å²) in [6, 6.07) is 9.32. The highest BCUT2D eigenvalue weighted by atomic mass is 16.4. The maximum atomic E-state index is 11.6. The first kappa shape index (κ1) is 11.9. The molecule has 19 heavy (non-hydrogen) atoms. The minimum absolute atomic E-state index is 0.0108. The Morgan fingerprint density at radius 1 is 1.37 bits per heavy atom. The van der Waals surface area contributed by atoms with E-state index in [2.05, 4.69) is 10.3 Å². The van der Waals surface area contributed by atoms with E-state index in [0.717, 1.165) is 23.9 Å². The highest BCUT2D eigenvalue weighted by molar-refractivity contribution is 6.00. The van der Waals surface area contributed by atoms with Crippen molar-refractivity contribution in [3.63, 3.8) is 0 Å². The number of nitrogens with one attached hydrogen (secondary N) is 1. The molecule has 1 fully saturated rings. The predicted octanol–water partition coefficient (Wildman–Crippen LogP) is 2.08. The van der Waals surface area contributed by atoms with Crippen LogP contribution < -0.4 is 10.2 Å². The Labute approximate surface area is 110 Å². The monoisotopic (exact) mass is 257 g/mol. The number of benzene rings is 1. The Kier molecular flexibility index (Phi) is 3.05. The quantitative estimate of drug-likeness (QED) is 0.864. The SMILES string of the molecule is O=C(O)N(c1cccc2ncccc12)[C@H]1CCNC1. The second-order valence-electron chi connectivity index (χ2n) is 4.65. The van der Waals surface area contributed by atoms with Crippen LogP contribution in [0.4, 0.5) is 10.5 Å². The maximum absolute atomic E-state index is 11.6. The van der Waals surface area contributed by atoms with Crippen LogP contribution in [0.15, 0.2) is 36.5 Å². The first-order valence-corrected chi connectivity index (χ1v) is 6.34. The van der Waals surface area contributed by atoms with Gasteiger partial charge in [-0.25, -0.2) is 4.79 Å². The van der Waals surface area contributed by atoms with Gasteiger partial charge in [-0.05, 0) is 37.2 Å². The van der Waals surface area contributed by atoms with Crippen molar-refractivity contribution >= 4 is 22.7 Å². The van der Waals surface area contributed by atoms with Gasteiger partial charge in [0.1, 0.15) is 0 Å². The minimum atomic E-state index is -0.912. The molecule has 0 radical (unpaired) electrons. The number of hydrogen-bond donors (Lipinski definition) is 2. The third-order valence-corrected chi connectivity index (χ3v) is 3.49. The second-order valence-corrected chi connectivity index (χ2v) is 4.65. The Bertz CT molecular complexity index is 603. The van der Waals surface area contributed by atoms with Crippen LogP contribution in [0.1, 0.15) is 6.42 Å². The number of nitrogens with zero attached hydrogens (tertiary/aromatic N) is 2.